The van der Waals surface area contributed by atoms with Gasteiger partial charge in [0.05, 0.1) is 0 Å². The van der Waals surface area contributed by atoms with Gasteiger partial charge in [0.25, 0.3) is 0 Å². The monoisotopic (exact) mass is 414 g/mol. The number of benzene rings is 2. The Morgan fingerprint density at radius 3 is 2.58 bits per heavy atom. The minimum absolute atomic E-state index is 0.301. The number of carbonyl (C=O) groups excluding carboxylic acids is 1. The quantitative estimate of drug-likeness (QED) is 0.465. The van der Waals surface area contributed by atoms with Crippen LogP contribution in [0.4, 0.5) is 16.2 Å². The molecule has 0 saturated heterocycles. The minimum atomic E-state index is -0.301. The number of rotatable bonds is 6. The number of hydrogen-bond donors (Lipinski definition) is 2. The lowest BCUT2D eigenvalue weighted by Crippen LogP contribution is -2.20. The highest BCUT2D eigenvalue weighted by Gasteiger charge is 2.08. The van der Waals surface area contributed by atoms with Crippen molar-refractivity contribution in [2.24, 2.45) is 0 Å². The van der Waals surface area contributed by atoms with Crippen LogP contribution in [0.5, 0.6) is 11.6 Å². The summed E-state index contributed by atoms with van der Waals surface area (Å²) in [7, 11) is 0. The summed E-state index contributed by atoms with van der Waals surface area (Å²) < 4.78 is 7.51. The Balaban J connectivity index is 1.41. The average molecular weight is 414 g/mol. The van der Waals surface area contributed by atoms with Gasteiger partial charge in [0, 0.05) is 29.8 Å². The Labute approximate surface area is 179 Å². The average Bonchev–Trinajstić information content (AvgIpc) is 3.30. The lowest BCUT2D eigenvalue weighted by atomic mass is 10.1. The van der Waals surface area contributed by atoms with Gasteiger partial charge in [-0.3, -0.25) is 0 Å². The van der Waals surface area contributed by atoms with Crippen LogP contribution in [0, 0.1) is 6.92 Å². The van der Waals surface area contributed by atoms with Crippen molar-refractivity contribution in [3.8, 4) is 17.4 Å². The maximum atomic E-state index is 12.3. The molecule has 0 aliphatic carbocycles. The molecule has 0 unspecified atom stereocenters. The minimum Gasteiger partial charge on any atom is -0.439 e. The molecule has 4 rings (SSSR count). The molecule has 8 nitrogen and oxygen atoms in total. The van der Waals surface area contributed by atoms with Gasteiger partial charge in [0.1, 0.15) is 11.6 Å². The first-order chi connectivity index (χ1) is 15.1. The summed E-state index contributed by atoms with van der Waals surface area (Å²) in [6.07, 6.45) is 4.32. The van der Waals surface area contributed by atoms with Crippen molar-refractivity contribution in [3.05, 3.63) is 84.4 Å². The SMILES string of the molecule is CCc1ccccc1NC(=O)Nc1ccc(Oc2cc(-n3cccn3)nc(C)n2)cc1. The number of carbonyl (C=O) groups is 1. The molecule has 0 aliphatic heterocycles. The molecule has 0 aliphatic rings. The van der Waals surface area contributed by atoms with Crippen LogP contribution in [0.25, 0.3) is 5.82 Å². The van der Waals surface area contributed by atoms with Crippen molar-refractivity contribution in [1.82, 2.24) is 19.7 Å². The number of hydrogen-bond acceptors (Lipinski definition) is 5. The lowest BCUT2D eigenvalue weighted by molar-refractivity contribution is 0.262. The van der Waals surface area contributed by atoms with Crippen molar-refractivity contribution in [1.29, 1.82) is 0 Å². The van der Waals surface area contributed by atoms with E-state index in [4.69, 9.17) is 4.74 Å². The van der Waals surface area contributed by atoms with Crippen LogP contribution < -0.4 is 15.4 Å². The molecule has 2 N–H and O–H groups in total. The van der Waals surface area contributed by atoms with Crippen molar-refractivity contribution in [2.45, 2.75) is 20.3 Å². The molecule has 31 heavy (non-hydrogen) atoms. The summed E-state index contributed by atoms with van der Waals surface area (Å²) in [5.74, 6) is 2.19. The van der Waals surface area contributed by atoms with E-state index in [0.29, 0.717) is 29.0 Å². The van der Waals surface area contributed by atoms with E-state index in [1.807, 2.05) is 37.3 Å². The Morgan fingerprint density at radius 1 is 1.03 bits per heavy atom. The van der Waals surface area contributed by atoms with E-state index in [2.05, 4.69) is 25.7 Å². The third-order valence-corrected chi connectivity index (χ3v) is 4.52. The summed E-state index contributed by atoms with van der Waals surface area (Å²) in [6.45, 7) is 3.84. The number of aromatic nitrogens is 4. The van der Waals surface area contributed by atoms with Gasteiger partial charge >= 0.3 is 6.03 Å². The number of ether oxygens (including phenoxy) is 1. The molecule has 0 spiro atoms. The van der Waals surface area contributed by atoms with E-state index in [1.165, 1.54) is 0 Å². The molecule has 2 aromatic heterocycles. The molecule has 4 aromatic rings. The van der Waals surface area contributed by atoms with Gasteiger partial charge in [0.15, 0.2) is 5.82 Å². The zero-order chi connectivity index (χ0) is 21.6. The molecule has 0 saturated carbocycles. The highest BCUT2D eigenvalue weighted by atomic mass is 16.5. The molecule has 0 radical (unpaired) electrons. The maximum Gasteiger partial charge on any atom is 0.323 e. The fraction of sp³-hybridized carbons (Fsp3) is 0.130. The van der Waals surface area contributed by atoms with Crippen molar-refractivity contribution in [3.63, 3.8) is 0 Å². The van der Waals surface area contributed by atoms with Gasteiger partial charge in [-0.15, -0.1) is 0 Å². The normalized spacial score (nSPS) is 10.5. The van der Waals surface area contributed by atoms with E-state index in [9.17, 15) is 4.79 Å². The van der Waals surface area contributed by atoms with Crippen molar-refractivity contribution >= 4 is 17.4 Å². The summed E-state index contributed by atoms with van der Waals surface area (Å²) >= 11 is 0. The molecule has 2 amide bonds. The van der Waals surface area contributed by atoms with E-state index >= 15 is 0 Å². The van der Waals surface area contributed by atoms with Gasteiger partial charge < -0.3 is 15.4 Å². The summed E-state index contributed by atoms with van der Waals surface area (Å²) in [4.78, 5) is 21.0. The highest BCUT2D eigenvalue weighted by molar-refractivity contribution is 6.00. The third kappa shape index (κ3) is 5.05. The smallest absolute Gasteiger partial charge is 0.323 e. The molecular weight excluding hydrogens is 392 g/mol. The number of urea groups is 1. The van der Waals surface area contributed by atoms with Crippen LogP contribution in [0.1, 0.15) is 18.3 Å². The van der Waals surface area contributed by atoms with Gasteiger partial charge in [-0.25, -0.2) is 14.5 Å². The Kier molecular flexibility index (Phi) is 5.89. The topological polar surface area (TPSA) is 94.0 Å². The molecule has 0 bridgehead atoms. The van der Waals surface area contributed by atoms with Gasteiger partial charge in [-0.1, -0.05) is 25.1 Å². The second kappa shape index (κ2) is 9.08. The fourth-order valence-electron chi connectivity index (χ4n) is 3.06. The number of aryl methyl sites for hydroxylation is 2. The number of nitrogens with one attached hydrogen (secondary N) is 2. The second-order valence-electron chi connectivity index (χ2n) is 6.78. The van der Waals surface area contributed by atoms with Gasteiger partial charge in [-0.2, -0.15) is 10.1 Å². The molecule has 2 heterocycles. The summed E-state index contributed by atoms with van der Waals surface area (Å²) in [6, 6.07) is 18.0. The zero-order valence-electron chi connectivity index (χ0n) is 17.2. The molecule has 156 valence electrons. The number of amides is 2. The summed E-state index contributed by atoms with van der Waals surface area (Å²) in [5, 5.41) is 9.89. The van der Waals surface area contributed by atoms with Crippen LogP contribution in [0.3, 0.4) is 0 Å². The van der Waals surface area contributed by atoms with Crippen LogP contribution in [-0.4, -0.2) is 25.8 Å². The van der Waals surface area contributed by atoms with E-state index in [0.717, 1.165) is 17.7 Å². The van der Waals surface area contributed by atoms with Crippen LogP contribution in [0.15, 0.2) is 73.1 Å². The Morgan fingerprint density at radius 2 is 1.84 bits per heavy atom. The second-order valence-corrected chi connectivity index (χ2v) is 6.78. The first kappa shape index (κ1) is 20.1. The van der Waals surface area contributed by atoms with Crippen molar-refractivity contribution in [2.75, 3.05) is 10.6 Å². The highest BCUT2D eigenvalue weighted by Crippen LogP contribution is 2.23. The van der Waals surface area contributed by atoms with Crippen molar-refractivity contribution < 1.29 is 9.53 Å². The molecule has 2 aromatic carbocycles. The number of anilines is 2. The third-order valence-electron chi connectivity index (χ3n) is 4.52. The first-order valence-electron chi connectivity index (χ1n) is 9.90. The summed E-state index contributed by atoms with van der Waals surface area (Å²) in [5.41, 5.74) is 2.53. The predicted molar refractivity (Wildman–Crippen MR) is 119 cm³/mol. The first-order valence-corrected chi connectivity index (χ1v) is 9.90. The van der Waals surface area contributed by atoms with Gasteiger partial charge in [0.2, 0.25) is 5.88 Å². The van der Waals surface area contributed by atoms with Crippen LogP contribution in [0.2, 0.25) is 0 Å². The number of para-hydroxylation sites is 1. The zero-order valence-corrected chi connectivity index (χ0v) is 17.2. The standard InChI is InChI=1S/C23H22N6O2/c1-3-17-7-4-5-8-20(17)28-23(30)27-18-9-11-19(12-10-18)31-22-15-21(25-16(2)26-22)29-14-6-13-24-29/h4-15H,3H2,1-2H3,(H2,27,28,30). The van der Waals surface area contributed by atoms with E-state index in [-0.39, 0.29) is 6.03 Å². The lowest BCUT2D eigenvalue weighted by Gasteiger charge is -2.11. The van der Waals surface area contributed by atoms with E-state index in [1.54, 1.807) is 54.3 Å². The Hall–Kier alpha value is -4.20. The predicted octanol–water partition coefficient (Wildman–Crippen LogP) is 4.97. The van der Waals surface area contributed by atoms with E-state index < -0.39 is 0 Å². The molecule has 0 atom stereocenters. The largest absolute Gasteiger partial charge is 0.439 e. The van der Waals surface area contributed by atoms with Crippen LogP contribution >= 0.6 is 0 Å². The maximum absolute atomic E-state index is 12.3. The van der Waals surface area contributed by atoms with Gasteiger partial charge in [-0.05, 0) is 55.3 Å². The molecule has 8 heteroatoms. The fourth-order valence-corrected chi connectivity index (χ4v) is 3.06. The Bertz CT molecular complexity index is 1170. The van der Waals surface area contributed by atoms with Crippen LogP contribution in [-0.2, 0) is 6.42 Å². The molecular formula is C23H22N6O2. The molecule has 0 fully saturated rings. The number of nitrogens with zero attached hydrogens (tertiary/aromatic N) is 4.